The number of likely N-dealkylation sites (tertiary alicyclic amines) is 1. The van der Waals surface area contributed by atoms with Gasteiger partial charge in [-0.3, -0.25) is 4.90 Å². The second-order valence-corrected chi connectivity index (χ2v) is 5.75. The average molecular weight is 182 g/mol. The summed E-state index contributed by atoms with van der Waals surface area (Å²) < 4.78 is 0. The van der Waals surface area contributed by atoms with Gasteiger partial charge in [0.1, 0.15) is 0 Å². The van der Waals surface area contributed by atoms with Crippen LogP contribution in [0.1, 0.15) is 33.6 Å². The first-order chi connectivity index (χ1) is 5.98. The van der Waals surface area contributed by atoms with Gasteiger partial charge in [0.15, 0.2) is 0 Å². The molecular weight excluding hydrogens is 160 g/mol. The van der Waals surface area contributed by atoms with Crippen molar-refractivity contribution >= 4 is 0 Å². The molecule has 0 aromatic heterocycles. The predicted octanol–water partition coefficient (Wildman–Crippen LogP) is 1.47. The molecule has 1 aliphatic heterocycles. The molecule has 0 radical (unpaired) electrons. The molecule has 0 aromatic rings. The Morgan fingerprint density at radius 3 is 2.23 bits per heavy atom. The van der Waals surface area contributed by atoms with Crippen molar-refractivity contribution in [1.82, 2.24) is 10.2 Å². The number of nitrogens with zero attached hydrogens (tertiary/aromatic N) is 1. The molecule has 1 N–H and O–H groups in total. The molecule has 2 nitrogen and oxygen atoms in total. The molecule has 0 amide bonds. The summed E-state index contributed by atoms with van der Waals surface area (Å²) in [6, 6.07) is 0.742. The van der Waals surface area contributed by atoms with Gasteiger partial charge in [-0.2, -0.15) is 0 Å². The highest BCUT2D eigenvalue weighted by molar-refractivity contribution is 5.11. The largest absolute Gasteiger partial charge is 0.315 e. The van der Waals surface area contributed by atoms with Crippen molar-refractivity contribution in [3.63, 3.8) is 0 Å². The highest BCUT2D eigenvalue weighted by Gasteiger charge is 2.55. The summed E-state index contributed by atoms with van der Waals surface area (Å²) in [6.07, 6.45) is 2.87. The van der Waals surface area contributed by atoms with Crippen molar-refractivity contribution in [2.75, 3.05) is 20.1 Å². The summed E-state index contributed by atoms with van der Waals surface area (Å²) in [5.74, 6) is 0. The van der Waals surface area contributed by atoms with E-state index in [0.717, 1.165) is 6.04 Å². The van der Waals surface area contributed by atoms with Crippen LogP contribution in [0.15, 0.2) is 0 Å². The van der Waals surface area contributed by atoms with Crippen LogP contribution in [0.3, 0.4) is 0 Å². The first-order valence-corrected chi connectivity index (χ1v) is 5.40. The van der Waals surface area contributed by atoms with Gasteiger partial charge in [-0.05, 0) is 46.1 Å². The Balaban J connectivity index is 2.06. The van der Waals surface area contributed by atoms with E-state index in [0.29, 0.717) is 11.0 Å². The zero-order chi connectivity index (χ0) is 9.69. The van der Waals surface area contributed by atoms with E-state index in [-0.39, 0.29) is 0 Å². The second-order valence-electron chi connectivity index (χ2n) is 5.75. The predicted molar refractivity (Wildman–Crippen MR) is 55.8 cm³/mol. The lowest BCUT2D eigenvalue weighted by Gasteiger charge is -2.31. The summed E-state index contributed by atoms with van der Waals surface area (Å²) in [5, 5.41) is 3.48. The van der Waals surface area contributed by atoms with Gasteiger partial charge in [0, 0.05) is 24.7 Å². The molecule has 2 fully saturated rings. The van der Waals surface area contributed by atoms with Crippen LogP contribution in [0.25, 0.3) is 0 Å². The van der Waals surface area contributed by atoms with E-state index in [1.54, 1.807) is 0 Å². The molecule has 0 unspecified atom stereocenters. The maximum absolute atomic E-state index is 3.48. The lowest BCUT2D eigenvalue weighted by Crippen LogP contribution is -2.41. The van der Waals surface area contributed by atoms with Gasteiger partial charge in [-0.15, -0.1) is 0 Å². The quantitative estimate of drug-likeness (QED) is 0.660. The van der Waals surface area contributed by atoms with Gasteiger partial charge in [0.05, 0.1) is 0 Å². The van der Waals surface area contributed by atoms with Crippen molar-refractivity contribution in [1.29, 1.82) is 0 Å². The Morgan fingerprint density at radius 2 is 1.92 bits per heavy atom. The van der Waals surface area contributed by atoms with Crippen LogP contribution < -0.4 is 5.32 Å². The second kappa shape index (κ2) is 2.71. The number of nitrogens with one attached hydrogen (secondary N) is 1. The van der Waals surface area contributed by atoms with Crippen LogP contribution in [0, 0.1) is 5.41 Å². The molecule has 2 rings (SSSR count). The highest BCUT2D eigenvalue weighted by Crippen LogP contribution is 2.53. The van der Waals surface area contributed by atoms with Gasteiger partial charge < -0.3 is 5.32 Å². The van der Waals surface area contributed by atoms with Crippen molar-refractivity contribution in [3.05, 3.63) is 0 Å². The molecule has 1 saturated heterocycles. The third-order valence-corrected chi connectivity index (χ3v) is 3.84. The van der Waals surface area contributed by atoms with Gasteiger partial charge in [0.25, 0.3) is 0 Å². The smallest absolute Gasteiger partial charge is 0.0260 e. The molecule has 2 heteroatoms. The van der Waals surface area contributed by atoms with Gasteiger partial charge in [-0.1, -0.05) is 0 Å². The molecule has 1 saturated carbocycles. The van der Waals surface area contributed by atoms with Crippen molar-refractivity contribution in [3.8, 4) is 0 Å². The summed E-state index contributed by atoms with van der Waals surface area (Å²) >= 11 is 0. The van der Waals surface area contributed by atoms with E-state index < -0.39 is 0 Å². The maximum atomic E-state index is 3.48. The van der Waals surface area contributed by atoms with Crippen LogP contribution in [-0.4, -0.2) is 36.6 Å². The standard InChI is InChI=1S/C11H22N2/c1-10(2,3)13-7-9(12-4)11(8-13)5-6-11/h9,12H,5-8H2,1-4H3/t9-/m1/s1. The van der Waals surface area contributed by atoms with Crippen LogP contribution in [0.5, 0.6) is 0 Å². The minimum Gasteiger partial charge on any atom is -0.315 e. The maximum Gasteiger partial charge on any atom is 0.0260 e. The van der Waals surface area contributed by atoms with Gasteiger partial charge in [0.2, 0.25) is 0 Å². The minimum atomic E-state index is 0.348. The number of hydrogen-bond acceptors (Lipinski definition) is 2. The lowest BCUT2D eigenvalue weighted by atomic mass is 10.0. The topological polar surface area (TPSA) is 15.3 Å². The normalized spacial score (nSPS) is 32.8. The lowest BCUT2D eigenvalue weighted by molar-refractivity contribution is 0.165. The summed E-state index contributed by atoms with van der Waals surface area (Å²) in [6.45, 7) is 9.51. The molecule has 1 aliphatic carbocycles. The van der Waals surface area contributed by atoms with E-state index in [1.165, 1.54) is 25.9 Å². The fraction of sp³-hybridized carbons (Fsp3) is 1.00. The summed E-state index contributed by atoms with van der Waals surface area (Å²) in [4.78, 5) is 2.63. The molecule has 1 heterocycles. The number of rotatable bonds is 1. The number of hydrogen-bond donors (Lipinski definition) is 1. The molecule has 1 spiro atoms. The van der Waals surface area contributed by atoms with E-state index in [2.05, 4.69) is 38.0 Å². The summed E-state index contributed by atoms with van der Waals surface area (Å²) in [5.41, 5.74) is 1.00. The fourth-order valence-corrected chi connectivity index (χ4v) is 2.54. The van der Waals surface area contributed by atoms with Crippen molar-refractivity contribution < 1.29 is 0 Å². The molecule has 76 valence electrons. The Labute approximate surface area is 81.7 Å². The first-order valence-electron chi connectivity index (χ1n) is 5.40. The molecule has 0 bridgehead atoms. The molecule has 2 aliphatic rings. The Kier molecular flexibility index (Phi) is 1.97. The fourth-order valence-electron chi connectivity index (χ4n) is 2.54. The molecular formula is C11H22N2. The highest BCUT2D eigenvalue weighted by atomic mass is 15.3. The van der Waals surface area contributed by atoms with Crippen LogP contribution in [0.4, 0.5) is 0 Å². The monoisotopic (exact) mass is 182 g/mol. The minimum absolute atomic E-state index is 0.348. The Morgan fingerprint density at radius 1 is 1.31 bits per heavy atom. The van der Waals surface area contributed by atoms with Gasteiger partial charge >= 0.3 is 0 Å². The number of likely N-dealkylation sites (N-methyl/N-ethyl adjacent to an activating group) is 1. The van der Waals surface area contributed by atoms with Crippen molar-refractivity contribution in [2.45, 2.75) is 45.2 Å². The van der Waals surface area contributed by atoms with Crippen LogP contribution in [0.2, 0.25) is 0 Å². The zero-order valence-electron chi connectivity index (χ0n) is 9.35. The van der Waals surface area contributed by atoms with E-state index in [4.69, 9.17) is 0 Å². The SMILES string of the molecule is CN[C@@H]1CN(C(C)(C)C)CC12CC2. The molecule has 13 heavy (non-hydrogen) atoms. The van der Waals surface area contributed by atoms with Crippen LogP contribution in [-0.2, 0) is 0 Å². The third kappa shape index (κ3) is 1.50. The van der Waals surface area contributed by atoms with E-state index >= 15 is 0 Å². The summed E-state index contributed by atoms with van der Waals surface area (Å²) in [7, 11) is 2.11. The van der Waals surface area contributed by atoms with Crippen molar-refractivity contribution in [2.24, 2.45) is 5.41 Å². The first kappa shape index (κ1) is 9.47. The van der Waals surface area contributed by atoms with E-state index in [9.17, 15) is 0 Å². The zero-order valence-corrected chi connectivity index (χ0v) is 9.35. The third-order valence-electron chi connectivity index (χ3n) is 3.84. The molecule has 0 aromatic carbocycles. The molecule has 1 atom stereocenters. The Bertz CT molecular complexity index is 201. The van der Waals surface area contributed by atoms with Gasteiger partial charge in [-0.25, -0.2) is 0 Å². The van der Waals surface area contributed by atoms with E-state index in [1.807, 2.05) is 0 Å². The Hall–Kier alpha value is -0.0800. The van der Waals surface area contributed by atoms with Crippen LogP contribution >= 0.6 is 0 Å². The average Bonchev–Trinajstić information content (AvgIpc) is 2.62.